The lowest BCUT2D eigenvalue weighted by Crippen LogP contribution is -2.56. The van der Waals surface area contributed by atoms with Crippen molar-refractivity contribution in [2.45, 2.75) is 122 Å². The van der Waals surface area contributed by atoms with E-state index in [1.165, 1.54) is 4.90 Å². The van der Waals surface area contributed by atoms with Gasteiger partial charge in [0.1, 0.15) is 5.82 Å². The highest BCUT2D eigenvalue weighted by Crippen LogP contribution is 2.40. The van der Waals surface area contributed by atoms with Gasteiger partial charge < -0.3 is 23.4 Å². The number of carbonyl (C=O) groups excluding carboxylic acids is 1. The van der Waals surface area contributed by atoms with Crippen molar-refractivity contribution in [1.82, 2.24) is 14.5 Å². The number of benzene rings is 1. The molecule has 0 bridgehead atoms. The van der Waals surface area contributed by atoms with Crippen molar-refractivity contribution >= 4 is 62.7 Å². The highest BCUT2D eigenvalue weighted by molar-refractivity contribution is 6.74. The number of likely N-dealkylation sites (tertiary alicyclic amines) is 1. The molecule has 12 heteroatoms. The van der Waals surface area contributed by atoms with Gasteiger partial charge in [-0.25, -0.2) is 9.78 Å². The van der Waals surface area contributed by atoms with Gasteiger partial charge >= 0.3 is 6.09 Å². The fourth-order valence-electron chi connectivity index (χ4n) is 4.59. The maximum absolute atomic E-state index is 13.8. The fourth-order valence-corrected chi connectivity index (χ4v) is 7.21. The van der Waals surface area contributed by atoms with Gasteiger partial charge in [-0.15, -0.1) is 0 Å². The molecule has 0 saturated carbocycles. The summed E-state index contributed by atoms with van der Waals surface area (Å²) in [6.45, 7) is 22.3. The highest BCUT2D eigenvalue weighted by Gasteiger charge is 2.44. The molecule has 2 heterocycles. The predicted octanol–water partition coefficient (Wildman–Crippen LogP) is 8.36. The summed E-state index contributed by atoms with van der Waals surface area (Å²) < 4.78 is 15.0. The Kier molecular flexibility index (Phi) is 10.2. The Bertz CT molecular complexity index is 1280. The number of aromatic nitrogens is 2. The second kappa shape index (κ2) is 12.3. The Balaban J connectivity index is 1.94. The molecular formula is C29H47Cl2N3O5Si2. The van der Waals surface area contributed by atoms with E-state index in [1.54, 1.807) is 12.1 Å². The van der Waals surface area contributed by atoms with Crippen LogP contribution in [0, 0.1) is 0 Å². The van der Waals surface area contributed by atoms with Crippen LogP contribution in [0.2, 0.25) is 46.3 Å². The number of Topliss-reactive ketones (excluding diaryl/α,β-unsaturated/α-hetero) is 1. The summed E-state index contributed by atoms with van der Waals surface area (Å²) >= 11 is 12.7. The lowest BCUT2D eigenvalue weighted by molar-refractivity contribution is -0.122. The van der Waals surface area contributed by atoms with Gasteiger partial charge in [0.05, 0.1) is 46.4 Å². The van der Waals surface area contributed by atoms with Crippen LogP contribution in [-0.2, 0) is 26.8 Å². The summed E-state index contributed by atoms with van der Waals surface area (Å²) in [4.78, 5) is 32.2. The SMILES string of the molecule is CC(C)(C)[Si](C)(C)OCc1nc2cc(Cl)c(Cl)cc2n1CC(=O)C[C@@H]1[C@@H](O[Si](C)(C)C(C)(C)C)CCCN1C(=O)O. The minimum Gasteiger partial charge on any atom is -0.465 e. The lowest BCUT2D eigenvalue weighted by Gasteiger charge is -2.46. The molecule has 0 aliphatic carbocycles. The number of rotatable bonds is 9. The second-order valence-corrected chi connectivity index (χ2v) is 24.6. The van der Waals surface area contributed by atoms with Gasteiger partial charge in [0.15, 0.2) is 22.4 Å². The number of carbonyl (C=O) groups is 2. The van der Waals surface area contributed by atoms with E-state index in [1.807, 2.05) is 4.57 Å². The molecular weight excluding hydrogens is 597 g/mol. The average Bonchev–Trinajstić information content (AvgIpc) is 3.13. The van der Waals surface area contributed by atoms with E-state index >= 15 is 0 Å². The van der Waals surface area contributed by atoms with E-state index in [-0.39, 0.29) is 41.5 Å². The minimum absolute atomic E-state index is 0.00666. The van der Waals surface area contributed by atoms with Gasteiger partial charge in [0.25, 0.3) is 0 Å². The molecule has 1 aromatic carbocycles. The van der Waals surface area contributed by atoms with Crippen molar-refractivity contribution in [1.29, 1.82) is 0 Å². The molecule has 2 aromatic rings. The highest BCUT2D eigenvalue weighted by atomic mass is 35.5. The number of hydrogen-bond donors (Lipinski definition) is 1. The van der Waals surface area contributed by atoms with Gasteiger partial charge in [0.2, 0.25) is 0 Å². The molecule has 1 aliphatic heterocycles. The molecule has 1 N–H and O–H groups in total. The zero-order valence-electron chi connectivity index (χ0n) is 26.2. The van der Waals surface area contributed by atoms with Crippen molar-refractivity contribution in [2.75, 3.05) is 6.54 Å². The third-order valence-electron chi connectivity index (χ3n) is 9.22. The van der Waals surface area contributed by atoms with Crippen LogP contribution in [0.25, 0.3) is 11.0 Å². The van der Waals surface area contributed by atoms with Crippen LogP contribution in [-0.4, -0.2) is 66.8 Å². The number of ketones is 1. The molecule has 8 nitrogen and oxygen atoms in total. The van der Waals surface area contributed by atoms with Crippen molar-refractivity contribution < 1.29 is 23.5 Å². The zero-order chi connectivity index (χ0) is 31.1. The molecule has 0 spiro atoms. The summed E-state index contributed by atoms with van der Waals surface area (Å²) in [5.74, 6) is 0.509. The maximum Gasteiger partial charge on any atom is 0.407 e. The van der Waals surface area contributed by atoms with E-state index in [9.17, 15) is 14.7 Å². The number of amides is 1. The van der Waals surface area contributed by atoms with Gasteiger partial charge in [0, 0.05) is 13.0 Å². The van der Waals surface area contributed by atoms with Crippen LogP contribution >= 0.6 is 23.2 Å². The van der Waals surface area contributed by atoms with Gasteiger partial charge in [-0.1, -0.05) is 64.7 Å². The molecule has 1 amide bonds. The summed E-state index contributed by atoms with van der Waals surface area (Å²) in [6, 6.07) is 2.87. The monoisotopic (exact) mass is 643 g/mol. The molecule has 1 fully saturated rings. The smallest absolute Gasteiger partial charge is 0.407 e. The molecule has 0 unspecified atom stereocenters. The third kappa shape index (κ3) is 7.75. The minimum atomic E-state index is -2.20. The number of imidazole rings is 1. The van der Waals surface area contributed by atoms with Crippen molar-refractivity contribution in [3.05, 3.63) is 28.0 Å². The van der Waals surface area contributed by atoms with Gasteiger partial charge in [-0.2, -0.15) is 0 Å². The Hall–Kier alpha value is -1.44. The number of nitrogens with zero attached hydrogens (tertiary/aromatic N) is 3. The Morgan fingerprint density at radius 2 is 1.61 bits per heavy atom. The van der Waals surface area contributed by atoms with E-state index in [4.69, 9.17) is 37.0 Å². The third-order valence-corrected chi connectivity index (χ3v) is 18.9. The topological polar surface area (TPSA) is 93.9 Å². The van der Waals surface area contributed by atoms with E-state index in [0.717, 1.165) is 6.42 Å². The molecule has 0 radical (unpaired) electrons. The second-order valence-electron chi connectivity index (χ2n) is 14.3. The number of halogens is 2. The largest absolute Gasteiger partial charge is 0.465 e. The first-order valence-electron chi connectivity index (χ1n) is 14.3. The number of carboxylic acid groups (broad SMARTS) is 1. The average molecular weight is 645 g/mol. The zero-order valence-corrected chi connectivity index (χ0v) is 29.7. The Labute approximate surface area is 256 Å². The van der Waals surface area contributed by atoms with Crippen LogP contribution in [0.1, 0.15) is 66.6 Å². The van der Waals surface area contributed by atoms with Crippen LogP contribution < -0.4 is 0 Å². The fraction of sp³-hybridized carbons (Fsp3) is 0.690. The quantitative estimate of drug-likeness (QED) is 0.276. The summed E-state index contributed by atoms with van der Waals surface area (Å²) in [5, 5.41) is 10.7. The number of hydrogen-bond acceptors (Lipinski definition) is 5. The first kappa shape index (κ1) is 34.1. The van der Waals surface area contributed by atoms with Crippen molar-refractivity contribution in [3.8, 4) is 0 Å². The van der Waals surface area contributed by atoms with Crippen LogP contribution in [0.15, 0.2) is 12.1 Å². The predicted molar refractivity (Wildman–Crippen MR) is 171 cm³/mol. The molecule has 230 valence electrons. The molecule has 1 aromatic heterocycles. The molecule has 2 atom stereocenters. The molecule has 1 aliphatic rings. The molecule has 41 heavy (non-hydrogen) atoms. The summed E-state index contributed by atoms with van der Waals surface area (Å²) in [5.41, 5.74) is 1.32. The van der Waals surface area contributed by atoms with Crippen molar-refractivity contribution in [3.63, 3.8) is 0 Å². The standard InChI is InChI=1S/C29H47Cl2N3O5Si2/c1-28(2,3)40(7,8)38-18-26-32-22-15-20(30)21(31)16-23(22)34(26)17-19(35)14-24-25(12-11-13-33(24)27(36)37)39-41(9,10)29(4,5)6/h15-16,24-25H,11-14,17-18H2,1-10H3,(H,36,37)/t24-,25+/m1/s1. The molecule has 1 saturated heterocycles. The maximum atomic E-state index is 13.8. The van der Waals surface area contributed by atoms with Crippen molar-refractivity contribution in [2.24, 2.45) is 0 Å². The van der Waals surface area contributed by atoms with Crippen LogP contribution in [0.4, 0.5) is 4.79 Å². The lowest BCUT2D eigenvalue weighted by atomic mass is 9.95. The Morgan fingerprint density at radius 1 is 1.02 bits per heavy atom. The van der Waals surface area contributed by atoms with Crippen LogP contribution in [0.5, 0.6) is 0 Å². The number of piperidine rings is 1. The first-order valence-corrected chi connectivity index (χ1v) is 20.9. The van der Waals surface area contributed by atoms with E-state index < -0.39 is 28.8 Å². The summed E-state index contributed by atoms with van der Waals surface area (Å²) in [6.07, 6.45) is 0.122. The van der Waals surface area contributed by atoms with Crippen LogP contribution in [0.3, 0.4) is 0 Å². The van der Waals surface area contributed by atoms with E-state index in [2.05, 4.69) is 67.7 Å². The van der Waals surface area contributed by atoms with Gasteiger partial charge in [-0.3, -0.25) is 4.79 Å². The van der Waals surface area contributed by atoms with E-state index in [0.29, 0.717) is 39.9 Å². The Morgan fingerprint density at radius 3 is 2.17 bits per heavy atom. The number of fused-ring (bicyclic) bond motifs is 1. The normalized spacial score (nSPS) is 19.2. The van der Waals surface area contributed by atoms with Gasteiger partial charge in [-0.05, 0) is 61.2 Å². The molecule has 3 rings (SSSR count). The first-order chi connectivity index (χ1) is 18.6. The summed E-state index contributed by atoms with van der Waals surface area (Å²) in [7, 11) is -4.30.